The van der Waals surface area contributed by atoms with Crippen LogP contribution < -0.4 is 0 Å². The SMILES string of the molecule is CC(CC(=O)c1ccc(Cl)cc1)C1CCC(c2ccnc3ccnn23)CC1. The Morgan fingerprint density at radius 3 is 2.59 bits per heavy atom. The summed E-state index contributed by atoms with van der Waals surface area (Å²) >= 11 is 5.92. The summed E-state index contributed by atoms with van der Waals surface area (Å²) in [5.74, 6) is 1.74. The minimum atomic E-state index is 0.216. The average molecular weight is 382 g/mol. The highest BCUT2D eigenvalue weighted by Gasteiger charge is 2.28. The van der Waals surface area contributed by atoms with Gasteiger partial charge in [-0.25, -0.2) is 9.50 Å². The van der Waals surface area contributed by atoms with Gasteiger partial charge in [0.1, 0.15) is 0 Å². The van der Waals surface area contributed by atoms with Gasteiger partial charge < -0.3 is 0 Å². The number of benzene rings is 1. The van der Waals surface area contributed by atoms with Crippen LogP contribution in [0.1, 0.15) is 61.0 Å². The average Bonchev–Trinajstić information content (AvgIpc) is 3.17. The standard InChI is InChI=1S/C22H24ClN3O/c1-15(14-21(27)18-6-8-19(23)9-7-18)16-2-4-17(5-3-16)20-10-12-24-22-11-13-25-26(20)22/h6-13,15-17H,2-5,14H2,1H3. The second-order valence-corrected chi connectivity index (χ2v) is 8.13. The van der Waals surface area contributed by atoms with Crippen LogP contribution in [-0.4, -0.2) is 20.4 Å². The second kappa shape index (κ2) is 7.81. The van der Waals surface area contributed by atoms with Crippen molar-refractivity contribution in [3.8, 4) is 0 Å². The van der Waals surface area contributed by atoms with Gasteiger partial charge in [-0.05, 0) is 67.9 Å². The smallest absolute Gasteiger partial charge is 0.163 e. The molecule has 0 bridgehead atoms. The number of Topliss-reactive ketones (excluding diaryl/α,β-unsaturated/α-hetero) is 1. The molecule has 0 spiro atoms. The fourth-order valence-electron chi connectivity index (χ4n) is 4.36. The van der Waals surface area contributed by atoms with E-state index in [0.29, 0.717) is 29.2 Å². The molecular formula is C22H24ClN3O. The molecule has 0 radical (unpaired) electrons. The molecule has 1 fully saturated rings. The Kier molecular flexibility index (Phi) is 5.26. The van der Waals surface area contributed by atoms with Crippen molar-refractivity contribution in [1.82, 2.24) is 14.6 Å². The van der Waals surface area contributed by atoms with E-state index in [0.717, 1.165) is 36.9 Å². The Labute approximate surface area is 164 Å². The molecule has 1 aliphatic rings. The number of fused-ring (bicyclic) bond motifs is 1. The molecule has 4 rings (SSSR count). The van der Waals surface area contributed by atoms with Gasteiger partial charge in [0, 0.05) is 40.9 Å². The Morgan fingerprint density at radius 1 is 1.11 bits per heavy atom. The van der Waals surface area contributed by atoms with E-state index in [1.165, 1.54) is 5.69 Å². The topological polar surface area (TPSA) is 47.3 Å². The molecular weight excluding hydrogens is 358 g/mol. The summed E-state index contributed by atoms with van der Waals surface area (Å²) in [7, 11) is 0. The lowest BCUT2D eigenvalue weighted by Crippen LogP contribution is -2.22. The van der Waals surface area contributed by atoms with Crippen LogP contribution in [0, 0.1) is 11.8 Å². The summed E-state index contributed by atoms with van der Waals surface area (Å²) in [6.07, 6.45) is 8.89. The zero-order chi connectivity index (χ0) is 18.8. The van der Waals surface area contributed by atoms with Gasteiger partial charge >= 0.3 is 0 Å². The number of hydrogen-bond acceptors (Lipinski definition) is 3. The van der Waals surface area contributed by atoms with Crippen molar-refractivity contribution < 1.29 is 4.79 Å². The van der Waals surface area contributed by atoms with E-state index in [1.807, 2.05) is 35.1 Å². The van der Waals surface area contributed by atoms with Crippen LogP contribution in [0.4, 0.5) is 0 Å². The summed E-state index contributed by atoms with van der Waals surface area (Å²) in [6.45, 7) is 2.22. The van der Waals surface area contributed by atoms with Crippen molar-refractivity contribution in [3.05, 3.63) is 65.1 Å². The highest BCUT2D eigenvalue weighted by atomic mass is 35.5. The lowest BCUT2D eigenvalue weighted by Gasteiger charge is -2.32. The molecule has 1 aromatic carbocycles. The quantitative estimate of drug-likeness (QED) is 0.543. The molecule has 1 saturated carbocycles. The molecule has 2 heterocycles. The number of aromatic nitrogens is 3. The van der Waals surface area contributed by atoms with Gasteiger partial charge in [0.25, 0.3) is 0 Å². The molecule has 0 aliphatic heterocycles. The van der Waals surface area contributed by atoms with E-state index < -0.39 is 0 Å². The number of rotatable bonds is 5. The molecule has 1 aliphatic carbocycles. The van der Waals surface area contributed by atoms with Crippen molar-refractivity contribution >= 4 is 23.0 Å². The summed E-state index contributed by atoms with van der Waals surface area (Å²) in [6, 6.07) is 11.3. The van der Waals surface area contributed by atoms with Gasteiger partial charge in [0.15, 0.2) is 11.4 Å². The van der Waals surface area contributed by atoms with E-state index >= 15 is 0 Å². The lowest BCUT2D eigenvalue weighted by atomic mass is 9.74. The van der Waals surface area contributed by atoms with Crippen molar-refractivity contribution in [2.75, 3.05) is 0 Å². The van der Waals surface area contributed by atoms with Gasteiger partial charge in [-0.3, -0.25) is 4.79 Å². The maximum Gasteiger partial charge on any atom is 0.163 e. The number of nitrogens with zero attached hydrogens (tertiary/aromatic N) is 3. The third-order valence-corrected chi connectivity index (χ3v) is 6.24. The van der Waals surface area contributed by atoms with Crippen LogP contribution in [0.25, 0.3) is 5.65 Å². The molecule has 4 nitrogen and oxygen atoms in total. The highest BCUT2D eigenvalue weighted by molar-refractivity contribution is 6.30. The Balaban J connectivity index is 1.36. The van der Waals surface area contributed by atoms with Crippen LogP contribution in [0.5, 0.6) is 0 Å². The number of hydrogen-bond donors (Lipinski definition) is 0. The summed E-state index contributed by atoms with van der Waals surface area (Å²) in [5, 5.41) is 5.09. The summed E-state index contributed by atoms with van der Waals surface area (Å²) in [5.41, 5.74) is 2.93. The monoisotopic (exact) mass is 381 g/mol. The Bertz CT molecular complexity index is 926. The van der Waals surface area contributed by atoms with Crippen molar-refractivity contribution in [1.29, 1.82) is 0 Å². The number of ketones is 1. The van der Waals surface area contributed by atoms with Crippen molar-refractivity contribution in [3.63, 3.8) is 0 Å². The van der Waals surface area contributed by atoms with E-state index in [-0.39, 0.29) is 5.78 Å². The first-order valence-electron chi connectivity index (χ1n) is 9.69. The molecule has 0 amide bonds. The predicted octanol–water partition coefficient (Wildman–Crippen LogP) is 5.57. The molecule has 2 aromatic heterocycles. The molecule has 27 heavy (non-hydrogen) atoms. The van der Waals surface area contributed by atoms with E-state index in [1.54, 1.807) is 12.1 Å². The zero-order valence-electron chi connectivity index (χ0n) is 15.5. The minimum absolute atomic E-state index is 0.216. The number of carbonyl (C=O) groups is 1. The first kappa shape index (κ1) is 18.2. The lowest BCUT2D eigenvalue weighted by molar-refractivity contribution is 0.0937. The van der Waals surface area contributed by atoms with Gasteiger partial charge in [-0.1, -0.05) is 18.5 Å². The van der Waals surface area contributed by atoms with Gasteiger partial charge in [0.2, 0.25) is 0 Å². The second-order valence-electron chi connectivity index (χ2n) is 7.69. The van der Waals surface area contributed by atoms with Crippen LogP contribution in [0.15, 0.2) is 48.8 Å². The first-order chi connectivity index (χ1) is 13.1. The predicted molar refractivity (Wildman–Crippen MR) is 107 cm³/mol. The minimum Gasteiger partial charge on any atom is -0.294 e. The summed E-state index contributed by atoms with van der Waals surface area (Å²) in [4.78, 5) is 16.9. The van der Waals surface area contributed by atoms with Crippen LogP contribution in [0.3, 0.4) is 0 Å². The molecule has 0 saturated heterocycles. The zero-order valence-corrected chi connectivity index (χ0v) is 16.3. The fourth-order valence-corrected chi connectivity index (χ4v) is 4.49. The molecule has 0 N–H and O–H groups in total. The normalized spacial score (nSPS) is 21.3. The maximum absolute atomic E-state index is 12.6. The van der Waals surface area contributed by atoms with Crippen molar-refractivity contribution in [2.45, 2.75) is 44.9 Å². The van der Waals surface area contributed by atoms with Crippen LogP contribution in [-0.2, 0) is 0 Å². The van der Waals surface area contributed by atoms with E-state index in [9.17, 15) is 4.79 Å². The Morgan fingerprint density at radius 2 is 1.85 bits per heavy atom. The number of halogens is 1. The van der Waals surface area contributed by atoms with Gasteiger partial charge in [0.05, 0.1) is 6.20 Å². The Hall–Kier alpha value is -2.20. The third-order valence-electron chi connectivity index (χ3n) is 5.99. The van der Waals surface area contributed by atoms with E-state index in [4.69, 9.17) is 11.6 Å². The molecule has 140 valence electrons. The van der Waals surface area contributed by atoms with Crippen LogP contribution >= 0.6 is 11.6 Å². The van der Waals surface area contributed by atoms with Gasteiger partial charge in [-0.15, -0.1) is 0 Å². The summed E-state index contributed by atoms with van der Waals surface area (Å²) < 4.78 is 1.97. The number of carbonyl (C=O) groups excluding carboxylic acids is 1. The molecule has 1 atom stereocenters. The molecule has 1 unspecified atom stereocenters. The molecule has 3 aromatic rings. The molecule has 5 heteroatoms. The third kappa shape index (κ3) is 3.91. The van der Waals surface area contributed by atoms with Crippen LogP contribution in [0.2, 0.25) is 5.02 Å². The maximum atomic E-state index is 12.6. The highest BCUT2D eigenvalue weighted by Crippen LogP contribution is 2.39. The largest absolute Gasteiger partial charge is 0.294 e. The fraction of sp³-hybridized carbons (Fsp3) is 0.409. The van der Waals surface area contributed by atoms with Gasteiger partial charge in [-0.2, -0.15) is 5.10 Å². The van der Waals surface area contributed by atoms with Crippen molar-refractivity contribution in [2.24, 2.45) is 11.8 Å². The van der Waals surface area contributed by atoms with E-state index in [2.05, 4.69) is 23.1 Å². The first-order valence-corrected chi connectivity index (χ1v) is 10.1.